The zero-order valence-electron chi connectivity index (χ0n) is 18.9. The zero-order valence-corrected chi connectivity index (χ0v) is 18.9. The van der Waals surface area contributed by atoms with Crippen LogP contribution in [0.2, 0.25) is 0 Å². The van der Waals surface area contributed by atoms with Gasteiger partial charge in [0.2, 0.25) is 11.8 Å². The molecule has 4 N–H and O–H groups in total. The fraction of sp³-hybridized carbons (Fsp3) is 0.810. The highest BCUT2D eigenvalue weighted by Crippen LogP contribution is 2.28. The standard InChI is InChI=1S/C21H37N3O6/c1-12(2)16(24-20(29)30-21(4,5)6)18(26)22-11-14-7-9-15(10-8-14)17(25)23-13(3)19(27)28/h12-16H,7-11H2,1-6H3,(H,22,26)(H,23,25)(H,24,29)(H,27,28)/t13-,14?,15?,16-/m1/s1. The molecular formula is C21H37N3O6. The summed E-state index contributed by atoms with van der Waals surface area (Å²) in [5.74, 6) is -1.60. The number of ether oxygens (including phenoxy) is 1. The van der Waals surface area contributed by atoms with E-state index in [2.05, 4.69) is 16.0 Å². The van der Waals surface area contributed by atoms with Crippen LogP contribution in [0, 0.1) is 17.8 Å². The first-order valence-corrected chi connectivity index (χ1v) is 10.6. The van der Waals surface area contributed by atoms with Crippen LogP contribution in [0.1, 0.15) is 67.2 Å². The fourth-order valence-electron chi connectivity index (χ4n) is 3.35. The molecule has 1 fully saturated rings. The maximum atomic E-state index is 12.6. The average Bonchev–Trinajstić information content (AvgIpc) is 2.62. The van der Waals surface area contributed by atoms with Crippen molar-refractivity contribution < 1.29 is 29.0 Å². The second-order valence-corrected chi connectivity index (χ2v) is 9.40. The topological polar surface area (TPSA) is 134 Å². The van der Waals surface area contributed by atoms with Crippen LogP contribution >= 0.6 is 0 Å². The molecule has 0 aromatic heterocycles. The number of hydrogen-bond donors (Lipinski definition) is 4. The molecule has 0 aromatic carbocycles. The van der Waals surface area contributed by atoms with Crippen LogP contribution in [0.5, 0.6) is 0 Å². The van der Waals surface area contributed by atoms with Crippen molar-refractivity contribution >= 4 is 23.9 Å². The smallest absolute Gasteiger partial charge is 0.408 e. The van der Waals surface area contributed by atoms with Crippen molar-refractivity contribution in [1.29, 1.82) is 0 Å². The summed E-state index contributed by atoms with van der Waals surface area (Å²) < 4.78 is 5.23. The molecular weight excluding hydrogens is 390 g/mol. The highest BCUT2D eigenvalue weighted by atomic mass is 16.6. The minimum atomic E-state index is -1.06. The molecule has 0 radical (unpaired) electrons. The van der Waals surface area contributed by atoms with Crippen LogP contribution < -0.4 is 16.0 Å². The number of amides is 3. The first-order chi connectivity index (χ1) is 13.8. The minimum Gasteiger partial charge on any atom is -0.480 e. The third-order valence-electron chi connectivity index (χ3n) is 5.13. The van der Waals surface area contributed by atoms with Crippen molar-refractivity contribution in [3.05, 3.63) is 0 Å². The number of alkyl carbamates (subject to hydrolysis) is 1. The highest BCUT2D eigenvalue weighted by molar-refractivity contribution is 5.86. The normalized spacial score (nSPS) is 21.3. The molecule has 0 bridgehead atoms. The average molecular weight is 428 g/mol. The van der Waals surface area contributed by atoms with Crippen molar-refractivity contribution in [1.82, 2.24) is 16.0 Å². The van der Waals surface area contributed by atoms with Crippen LogP contribution in [-0.2, 0) is 19.1 Å². The van der Waals surface area contributed by atoms with E-state index in [0.29, 0.717) is 19.4 Å². The van der Waals surface area contributed by atoms with Crippen LogP contribution in [0.3, 0.4) is 0 Å². The molecule has 0 saturated heterocycles. The van der Waals surface area contributed by atoms with Crippen LogP contribution in [-0.4, -0.2) is 53.2 Å². The third-order valence-corrected chi connectivity index (χ3v) is 5.13. The molecule has 1 aliphatic rings. The number of aliphatic carboxylic acids is 1. The summed E-state index contributed by atoms with van der Waals surface area (Å²) in [6.07, 6.45) is 2.22. The molecule has 1 aliphatic carbocycles. The Kier molecular flexibility index (Phi) is 9.58. The molecule has 2 atom stereocenters. The summed E-state index contributed by atoms with van der Waals surface area (Å²) in [6.45, 7) is 10.9. The van der Waals surface area contributed by atoms with E-state index in [1.807, 2.05) is 13.8 Å². The molecule has 0 aromatic rings. The monoisotopic (exact) mass is 427 g/mol. The second-order valence-electron chi connectivity index (χ2n) is 9.40. The quantitative estimate of drug-likeness (QED) is 0.468. The van der Waals surface area contributed by atoms with Gasteiger partial charge in [0.15, 0.2) is 0 Å². The Balaban J connectivity index is 2.46. The molecule has 9 heteroatoms. The predicted octanol–water partition coefficient (Wildman–Crippen LogP) is 2.05. The van der Waals surface area contributed by atoms with Crippen molar-refractivity contribution in [3.63, 3.8) is 0 Å². The zero-order chi connectivity index (χ0) is 23.1. The van der Waals surface area contributed by atoms with Gasteiger partial charge < -0.3 is 25.8 Å². The summed E-state index contributed by atoms with van der Waals surface area (Å²) >= 11 is 0. The molecule has 0 aliphatic heterocycles. The van der Waals surface area contributed by atoms with Crippen molar-refractivity contribution in [3.8, 4) is 0 Å². The van der Waals surface area contributed by atoms with Gasteiger partial charge in [0.1, 0.15) is 17.7 Å². The number of carboxylic acids is 1. The Morgan fingerprint density at radius 3 is 2.03 bits per heavy atom. The maximum Gasteiger partial charge on any atom is 0.408 e. The van der Waals surface area contributed by atoms with Gasteiger partial charge in [-0.25, -0.2) is 4.79 Å². The highest BCUT2D eigenvalue weighted by Gasteiger charge is 2.30. The second kappa shape index (κ2) is 11.2. The Bertz CT molecular complexity index is 621. The minimum absolute atomic E-state index is 0.104. The molecule has 3 amide bonds. The van der Waals surface area contributed by atoms with E-state index in [4.69, 9.17) is 9.84 Å². The number of rotatable bonds is 8. The van der Waals surface area contributed by atoms with E-state index in [1.54, 1.807) is 20.8 Å². The van der Waals surface area contributed by atoms with Gasteiger partial charge in [0.05, 0.1) is 0 Å². The first-order valence-electron chi connectivity index (χ1n) is 10.6. The number of carbonyl (C=O) groups excluding carboxylic acids is 3. The Labute approximate surface area is 178 Å². The number of carboxylic acid groups (broad SMARTS) is 1. The summed E-state index contributed by atoms with van der Waals surface area (Å²) in [7, 11) is 0. The first kappa shape index (κ1) is 25.7. The molecule has 1 rings (SSSR count). The van der Waals surface area contributed by atoms with Gasteiger partial charge in [-0.3, -0.25) is 14.4 Å². The van der Waals surface area contributed by atoms with E-state index in [9.17, 15) is 19.2 Å². The van der Waals surface area contributed by atoms with Crippen molar-refractivity contribution in [2.24, 2.45) is 17.8 Å². The Morgan fingerprint density at radius 1 is 1.00 bits per heavy atom. The van der Waals surface area contributed by atoms with Crippen LogP contribution in [0.4, 0.5) is 4.79 Å². The number of carbonyl (C=O) groups is 4. The summed E-state index contributed by atoms with van der Waals surface area (Å²) in [4.78, 5) is 47.6. The van der Waals surface area contributed by atoms with E-state index in [-0.39, 0.29) is 29.6 Å². The van der Waals surface area contributed by atoms with E-state index in [1.165, 1.54) is 6.92 Å². The lowest BCUT2D eigenvalue weighted by molar-refractivity contribution is -0.142. The molecule has 1 saturated carbocycles. The number of hydrogen-bond acceptors (Lipinski definition) is 5. The molecule has 0 spiro atoms. The predicted molar refractivity (Wildman–Crippen MR) is 112 cm³/mol. The van der Waals surface area contributed by atoms with E-state index >= 15 is 0 Å². The summed E-state index contributed by atoms with van der Waals surface area (Å²) in [6, 6.07) is -1.60. The van der Waals surface area contributed by atoms with Gasteiger partial charge in [-0.1, -0.05) is 13.8 Å². The Hall–Kier alpha value is -2.32. The van der Waals surface area contributed by atoms with E-state index in [0.717, 1.165) is 12.8 Å². The van der Waals surface area contributed by atoms with Crippen molar-refractivity contribution in [2.45, 2.75) is 84.9 Å². The lowest BCUT2D eigenvalue weighted by Gasteiger charge is -2.29. The summed E-state index contributed by atoms with van der Waals surface area (Å²) in [5.41, 5.74) is -0.644. The molecule has 9 nitrogen and oxygen atoms in total. The van der Waals surface area contributed by atoms with Gasteiger partial charge in [0, 0.05) is 12.5 Å². The SMILES string of the molecule is CC(C)[C@@H](NC(=O)OC(C)(C)C)C(=O)NCC1CCC(C(=O)N[C@H](C)C(=O)O)CC1. The molecule has 30 heavy (non-hydrogen) atoms. The maximum absolute atomic E-state index is 12.6. The lowest BCUT2D eigenvalue weighted by atomic mass is 9.81. The largest absolute Gasteiger partial charge is 0.480 e. The van der Waals surface area contributed by atoms with Crippen LogP contribution in [0.25, 0.3) is 0 Å². The van der Waals surface area contributed by atoms with Gasteiger partial charge >= 0.3 is 12.1 Å². The third kappa shape index (κ3) is 9.00. The Morgan fingerprint density at radius 2 is 1.57 bits per heavy atom. The summed E-state index contributed by atoms with van der Waals surface area (Å²) in [5, 5.41) is 17.0. The fourth-order valence-corrected chi connectivity index (χ4v) is 3.35. The van der Waals surface area contributed by atoms with Gasteiger partial charge in [0.25, 0.3) is 0 Å². The molecule has 0 heterocycles. The van der Waals surface area contributed by atoms with Gasteiger partial charge in [-0.15, -0.1) is 0 Å². The molecule has 172 valence electrons. The van der Waals surface area contributed by atoms with Gasteiger partial charge in [-0.05, 0) is 65.2 Å². The van der Waals surface area contributed by atoms with Crippen molar-refractivity contribution in [2.75, 3.05) is 6.54 Å². The van der Waals surface area contributed by atoms with E-state index < -0.39 is 29.7 Å². The van der Waals surface area contributed by atoms with Gasteiger partial charge in [-0.2, -0.15) is 0 Å². The molecule has 0 unspecified atom stereocenters. The van der Waals surface area contributed by atoms with Crippen LogP contribution in [0.15, 0.2) is 0 Å². The number of nitrogens with one attached hydrogen (secondary N) is 3. The lowest BCUT2D eigenvalue weighted by Crippen LogP contribution is -2.51.